The van der Waals surface area contributed by atoms with Gasteiger partial charge in [0.1, 0.15) is 5.78 Å². The van der Waals surface area contributed by atoms with Crippen LogP contribution in [0.2, 0.25) is 0 Å². The molecule has 2 atom stereocenters. The molecule has 0 aliphatic heterocycles. The minimum atomic E-state index is -1.01. The van der Waals surface area contributed by atoms with Gasteiger partial charge in [-0.15, -0.1) is 22.7 Å². The van der Waals surface area contributed by atoms with Crippen molar-refractivity contribution < 1.29 is 47.6 Å². The second-order valence-corrected chi connectivity index (χ2v) is 13.0. The highest BCUT2D eigenvalue weighted by molar-refractivity contribution is 7.21. The third kappa shape index (κ3) is 7.98. The van der Waals surface area contributed by atoms with Gasteiger partial charge in [-0.3, -0.25) is 19.2 Å². The Labute approximate surface area is 267 Å². The van der Waals surface area contributed by atoms with Gasteiger partial charge in [0, 0.05) is 45.7 Å². The average Bonchev–Trinajstić information content (AvgIpc) is 3.63. The summed E-state index contributed by atoms with van der Waals surface area (Å²) in [5.74, 6) is -2.13. The van der Waals surface area contributed by atoms with Crippen LogP contribution in [0.1, 0.15) is 65.8 Å². The van der Waals surface area contributed by atoms with E-state index < -0.39 is 23.6 Å². The van der Waals surface area contributed by atoms with E-state index in [9.17, 15) is 19.2 Å². The number of unbranched alkanes of at least 4 members (excludes halogenated alkanes) is 1. The van der Waals surface area contributed by atoms with Crippen LogP contribution in [0, 0.1) is 17.7 Å². The molecule has 0 saturated carbocycles. The second kappa shape index (κ2) is 14.8. The number of thiophene rings is 2. The smallest absolute Gasteiger partial charge is 0.306 e. The number of carboxylic acid groups (broad SMARTS) is 1. The molecule has 240 valence electrons. The number of ketones is 3. The number of methoxy groups -OCH3 is 2. The molecule has 4 aromatic rings. The van der Waals surface area contributed by atoms with E-state index >= 15 is 4.39 Å². The van der Waals surface area contributed by atoms with Crippen LogP contribution in [0.25, 0.3) is 20.2 Å². The normalized spacial score (nSPS) is 12.6. The summed E-state index contributed by atoms with van der Waals surface area (Å²) in [5, 5.41) is 10.2. The molecule has 2 aromatic heterocycles. The number of hydrogen-bond donors (Lipinski definition) is 1. The molecule has 9 nitrogen and oxygen atoms in total. The molecule has 0 amide bonds. The lowest BCUT2D eigenvalue weighted by atomic mass is 10.00. The van der Waals surface area contributed by atoms with Crippen molar-refractivity contribution >= 4 is 66.2 Å². The van der Waals surface area contributed by atoms with E-state index in [-0.39, 0.29) is 53.7 Å². The highest BCUT2D eigenvalue weighted by Crippen LogP contribution is 2.41. The molecule has 2 aromatic carbocycles. The Morgan fingerprint density at radius 2 is 1.36 bits per heavy atom. The number of carbonyl (C=O) groups excluding carboxylic acids is 3. The maximum absolute atomic E-state index is 15.5. The SMILES string of the molecule is COc1cc2sc(C(=O)C[C@H](C)C(=O)O)cc2cc1OCCCCOc1c(OC)cc2sc(C(=O)C[C@H](C)C(C)=O)cc2c1F. The minimum absolute atomic E-state index is 0.0347. The first-order valence-electron chi connectivity index (χ1n) is 14.4. The summed E-state index contributed by atoms with van der Waals surface area (Å²) in [5.41, 5.74) is 0. The van der Waals surface area contributed by atoms with Crippen LogP contribution in [-0.2, 0) is 9.59 Å². The van der Waals surface area contributed by atoms with Crippen molar-refractivity contribution in [1.29, 1.82) is 0 Å². The Morgan fingerprint density at radius 1 is 0.778 bits per heavy atom. The number of rotatable bonds is 17. The molecule has 1 N–H and O–H groups in total. The molecule has 0 saturated heterocycles. The fraction of sp³-hybridized carbons (Fsp3) is 0.394. The maximum Gasteiger partial charge on any atom is 0.306 e. The van der Waals surface area contributed by atoms with Crippen molar-refractivity contribution in [2.45, 2.75) is 46.5 Å². The highest BCUT2D eigenvalue weighted by atomic mass is 32.1. The molecule has 2 heterocycles. The minimum Gasteiger partial charge on any atom is -0.493 e. The monoisotopic (exact) mass is 658 g/mol. The van der Waals surface area contributed by atoms with Gasteiger partial charge in [0.2, 0.25) is 0 Å². The summed E-state index contributed by atoms with van der Waals surface area (Å²) in [6.07, 6.45) is 1.11. The molecular formula is C33H35FO9S2. The van der Waals surface area contributed by atoms with Gasteiger partial charge in [-0.1, -0.05) is 13.8 Å². The number of hydrogen-bond acceptors (Lipinski definition) is 10. The predicted octanol–water partition coefficient (Wildman–Crippen LogP) is 7.60. The fourth-order valence-electron chi connectivity index (χ4n) is 4.53. The fourth-order valence-corrected chi connectivity index (χ4v) is 6.59. The van der Waals surface area contributed by atoms with E-state index in [1.807, 2.05) is 0 Å². The zero-order valence-electron chi connectivity index (χ0n) is 25.7. The van der Waals surface area contributed by atoms with Gasteiger partial charge in [-0.05, 0) is 43.4 Å². The molecule has 0 bridgehead atoms. The maximum atomic E-state index is 15.5. The van der Waals surface area contributed by atoms with Crippen LogP contribution in [-0.4, -0.2) is 55.9 Å². The number of benzene rings is 2. The first kappa shape index (κ1) is 33.9. The van der Waals surface area contributed by atoms with Gasteiger partial charge >= 0.3 is 5.97 Å². The van der Waals surface area contributed by atoms with E-state index in [1.165, 1.54) is 45.5 Å². The number of aliphatic carboxylic acids is 1. The lowest BCUT2D eigenvalue weighted by Gasteiger charge is -2.13. The lowest BCUT2D eigenvalue weighted by molar-refractivity contribution is -0.141. The molecular weight excluding hydrogens is 623 g/mol. The van der Waals surface area contributed by atoms with Crippen LogP contribution in [0.15, 0.2) is 30.3 Å². The summed E-state index contributed by atoms with van der Waals surface area (Å²) < 4.78 is 39.4. The van der Waals surface area contributed by atoms with Crippen molar-refractivity contribution in [2.75, 3.05) is 27.4 Å². The summed E-state index contributed by atoms with van der Waals surface area (Å²) in [6.45, 7) is 5.15. The summed E-state index contributed by atoms with van der Waals surface area (Å²) in [4.78, 5) is 48.8. The van der Waals surface area contributed by atoms with Crippen LogP contribution < -0.4 is 18.9 Å². The standard InChI is InChI=1S/C33H35FO9S2/c1-17(19(3)35)10-22(36)30-14-21-28(45-30)16-26(41-5)32(31(21)34)43-9-7-6-8-42-25-12-20-13-29(23(37)11-18(2)33(38)39)44-27(20)15-24(25)40-4/h12-18H,6-11H2,1-5H3,(H,38,39)/t17-,18-/m0/s1. The first-order valence-corrected chi connectivity index (χ1v) is 16.0. The van der Waals surface area contributed by atoms with Crippen LogP contribution in [0.3, 0.4) is 0 Å². The Morgan fingerprint density at radius 3 is 1.98 bits per heavy atom. The Balaban J connectivity index is 1.36. The number of carbonyl (C=O) groups is 4. The number of ether oxygens (including phenoxy) is 4. The van der Waals surface area contributed by atoms with E-state index in [0.29, 0.717) is 45.4 Å². The first-order chi connectivity index (χ1) is 21.4. The van der Waals surface area contributed by atoms with E-state index in [2.05, 4.69) is 0 Å². The zero-order valence-corrected chi connectivity index (χ0v) is 27.3. The van der Waals surface area contributed by atoms with E-state index in [1.54, 1.807) is 31.2 Å². The highest BCUT2D eigenvalue weighted by Gasteiger charge is 2.23. The average molecular weight is 659 g/mol. The van der Waals surface area contributed by atoms with Gasteiger partial charge in [0.15, 0.2) is 40.4 Å². The topological polar surface area (TPSA) is 125 Å². The Hall–Kier alpha value is -4.03. The third-order valence-corrected chi connectivity index (χ3v) is 9.66. The van der Waals surface area contributed by atoms with Gasteiger partial charge in [-0.25, -0.2) is 4.39 Å². The predicted molar refractivity (Wildman–Crippen MR) is 171 cm³/mol. The van der Waals surface area contributed by atoms with Crippen LogP contribution in [0.5, 0.6) is 23.0 Å². The van der Waals surface area contributed by atoms with Gasteiger partial charge in [0.05, 0.1) is 43.1 Å². The molecule has 0 unspecified atom stereocenters. The van der Waals surface area contributed by atoms with E-state index in [4.69, 9.17) is 24.1 Å². The number of carboxylic acids is 1. The quantitative estimate of drug-likeness (QED) is 0.0902. The molecule has 0 aliphatic carbocycles. The van der Waals surface area contributed by atoms with Crippen molar-refractivity contribution in [3.05, 3.63) is 45.9 Å². The Kier molecular flexibility index (Phi) is 11.2. The van der Waals surface area contributed by atoms with Crippen molar-refractivity contribution in [3.63, 3.8) is 0 Å². The number of fused-ring (bicyclic) bond motifs is 2. The zero-order chi connectivity index (χ0) is 32.8. The molecule has 0 radical (unpaired) electrons. The Bertz CT molecular complexity index is 1740. The summed E-state index contributed by atoms with van der Waals surface area (Å²) in [6, 6.07) is 8.45. The molecule has 4 rings (SSSR count). The van der Waals surface area contributed by atoms with Crippen LogP contribution >= 0.6 is 22.7 Å². The third-order valence-electron chi connectivity index (χ3n) is 7.40. The summed E-state index contributed by atoms with van der Waals surface area (Å²) in [7, 11) is 2.94. The summed E-state index contributed by atoms with van der Waals surface area (Å²) >= 11 is 2.43. The molecule has 45 heavy (non-hydrogen) atoms. The van der Waals surface area contributed by atoms with Gasteiger partial charge < -0.3 is 24.1 Å². The van der Waals surface area contributed by atoms with Crippen molar-refractivity contribution in [2.24, 2.45) is 11.8 Å². The molecule has 12 heteroatoms. The van der Waals surface area contributed by atoms with Gasteiger partial charge in [0.25, 0.3) is 0 Å². The van der Waals surface area contributed by atoms with Crippen molar-refractivity contribution in [3.8, 4) is 23.0 Å². The van der Waals surface area contributed by atoms with Crippen LogP contribution in [0.4, 0.5) is 4.39 Å². The molecule has 0 fully saturated rings. The molecule has 0 spiro atoms. The number of halogens is 1. The van der Waals surface area contributed by atoms with Crippen molar-refractivity contribution in [1.82, 2.24) is 0 Å². The van der Waals surface area contributed by atoms with E-state index in [0.717, 1.165) is 21.4 Å². The second-order valence-electron chi connectivity index (χ2n) is 10.8. The van der Waals surface area contributed by atoms with Gasteiger partial charge in [-0.2, -0.15) is 0 Å². The lowest BCUT2D eigenvalue weighted by Crippen LogP contribution is -2.13. The molecule has 0 aliphatic rings. The largest absolute Gasteiger partial charge is 0.493 e. The number of Topliss-reactive ketones (excluding diaryl/α,β-unsaturated/α-hetero) is 3.